The molecule has 0 saturated heterocycles. The van der Waals surface area contributed by atoms with Crippen molar-refractivity contribution in [2.24, 2.45) is 5.92 Å². The lowest BCUT2D eigenvalue weighted by Gasteiger charge is -2.18. The number of hydrogen-bond acceptors (Lipinski definition) is 3. The van der Waals surface area contributed by atoms with E-state index in [4.69, 9.17) is 0 Å². The van der Waals surface area contributed by atoms with Gasteiger partial charge >= 0.3 is 5.97 Å². The molecular formula is C27H39F4NO3. The first-order chi connectivity index (χ1) is 16.7. The van der Waals surface area contributed by atoms with E-state index in [9.17, 15) is 27.2 Å². The normalized spacial score (nSPS) is 11.8. The molecule has 1 atom stereocenters. The van der Waals surface area contributed by atoms with Gasteiger partial charge in [0.2, 0.25) is 23.3 Å². The number of carbonyl (C=O) groups excluding carboxylic acids is 2. The van der Waals surface area contributed by atoms with Gasteiger partial charge < -0.3 is 10.1 Å². The zero-order valence-electron chi connectivity index (χ0n) is 21.0. The van der Waals surface area contributed by atoms with E-state index in [1.165, 1.54) is 19.3 Å². The highest BCUT2D eigenvalue weighted by Crippen LogP contribution is 2.27. The Hall–Kier alpha value is -2.38. The van der Waals surface area contributed by atoms with E-state index in [0.717, 1.165) is 57.8 Å². The van der Waals surface area contributed by atoms with Crippen LogP contribution in [-0.4, -0.2) is 11.9 Å². The van der Waals surface area contributed by atoms with Crippen LogP contribution in [0.3, 0.4) is 0 Å². The van der Waals surface area contributed by atoms with Crippen LogP contribution in [0.1, 0.15) is 104 Å². The summed E-state index contributed by atoms with van der Waals surface area (Å²) < 4.78 is 58.4. The van der Waals surface area contributed by atoms with E-state index in [1.807, 2.05) is 0 Å². The van der Waals surface area contributed by atoms with Crippen LogP contribution in [0.15, 0.2) is 18.3 Å². The van der Waals surface area contributed by atoms with Crippen molar-refractivity contribution in [2.45, 2.75) is 104 Å². The number of halogens is 4. The molecular weight excluding hydrogens is 462 g/mol. The number of nitrogens with one attached hydrogen (secondary N) is 1. The first-order valence-corrected chi connectivity index (χ1v) is 12.7. The van der Waals surface area contributed by atoms with Crippen molar-refractivity contribution in [1.29, 1.82) is 0 Å². The van der Waals surface area contributed by atoms with Gasteiger partial charge in [-0.3, -0.25) is 9.59 Å². The molecule has 0 fully saturated rings. The molecule has 1 amide bonds. The zero-order chi connectivity index (χ0) is 26.2. The molecule has 0 aliphatic heterocycles. The molecule has 0 aromatic heterocycles. The number of hydrogen-bond donors (Lipinski definition) is 1. The van der Waals surface area contributed by atoms with Gasteiger partial charge in [-0.2, -0.15) is 8.78 Å². The third-order valence-corrected chi connectivity index (χ3v) is 5.90. The van der Waals surface area contributed by atoms with Gasteiger partial charge in [0.25, 0.3) is 0 Å². The van der Waals surface area contributed by atoms with Crippen LogP contribution in [0.5, 0.6) is 5.75 Å². The largest absolute Gasteiger partial charge is 0.420 e. The zero-order valence-corrected chi connectivity index (χ0v) is 21.0. The van der Waals surface area contributed by atoms with E-state index in [-0.39, 0.29) is 36.4 Å². The maximum absolute atomic E-state index is 13.7. The minimum Gasteiger partial charge on any atom is -0.420 e. The Morgan fingerprint density at radius 1 is 0.829 bits per heavy atom. The summed E-state index contributed by atoms with van der Waals surface area (Å²) in [4.78, 5) is 24.8. The Balaban J connectivity index is 2.55. The van der Waals surface area contributed by atoms with Crippen LogP contribution in [0, 0.1) is 29.2 Å². The van der Waals surface area contributed by atoms with E-state index < -0.39 is 35.0 Å². The van der Waals surface area contributed by atoms with Gasteiger partial charge in [0.15, 0.2) is 11.6 Å². The molecule has 1 aromatic rings. The molecule has 8 heteroatoms. The second-order valence-corrected chi connectivity index (χ2v) is 8.97. The molecule has 1 aromatic carbocycles. The summed E-state index contributed by atoms with van der Waals surface area (Å²) in [6.45, 7) is 8.05. The van der Waals surface area contributed by atoms with E-state index in [2.05, 4.69) is 30.5 Å². The Bertz CT molecular complexity index is 803. The van der Waals surface area contributed by atoms with Gasteiger partial charge in [0.1, 0.15) is 0 Å². The number of amides is 1. The van der Waals surface area contributed by atoms with Crippen molar-refractivity contribution in [2.75, 3.05) is 0 Å². The quantitative estimate of drug-likeness (QED) is 0.0731. The van der Waals surface area contributed by atoms with E-state index in [1.54, 1.807) is 0 Å². The number of carbonyl (C=O) groups is 2. The standard InChI is InChI=1S/C27H39F4NO3/c1-4-6-8-10-11-13-15-20(14-12-9-7-5-2)27(34)32-19(3)16-17-23(33)35-26-24(30)21(28)18-22(29)25(26)31/h18,20H,3-17H2,1-2H3,(H,32,34). The fourth-order valence-corrected chi connectivity index (χ4v) is 3.79. The Labute approximate surface area is 206 Å². The van der Waals surface area contributed by atoms with Crippen molar-refractivity contribution < 1.29 is 31.9 Å². The molecule has 0 aliphatic rings. The summed E-state index contributed by atoms with van der Waals surface area (Å²) in [5.74, 6) is -9.75. The number of ether oxygens (including phenoxy) is 1. The van der Waals surface area contributed by atoms with Gasteiger partial charge in [0.05, 0.1) is 6.42 Å². The van der Waals surface area contributed by atoms with Crippen molar-refractivity contribution in [3.05, 3.63) is 41.6 Å². The number of benzene rings is 1. The third kappa shape index (κ3) is 11.7. The number of allylic oxidation sites excluding steroid dienone is 1. The van der Waals surface area contributed by atoms with E-state index in [0.29, 0.717) is 0 Å². The molecule has 198 valence electrons. The smallest absolute Gasteiger partial charge is 0.311 e. The molecule has 0 heterocycles. The molecule has 0 aliphatic carbocycles. The average Bonchev–Trinajstić information content (AvgIpc) is 2.82. The predicted molar refractivity (Wildman–Crippen MR) is 129 cm³/mol. The number of rotatable bonds is 18. The summed E-state index contributed by atoms with van der Waals surface area (Å²) >= 11 is 0. The van der Waals surface area contributed by atoms with Crippen LogP contribution >= 0.6 is 0 Å². The fourth-order valence-electron chi connectivity index (χ4n) is 3.79. The summed E-state index contributed by atoms with van der Waals surface area (Å²) in [7, 11) is 0. The highest BCUT2D eigenvalue weighted by Gasteiger charge is 2.23. The highest BCUT2D eigenvalue weighted by atomic mass is 19.2. The SMILES string of the molecule is C=C(CCC(=O)Oc1c(F)c(F)cc(F)c1F)NC(=O)C(CCCCCC)CCCCCCCC. The van der Waals surface area contributed by atoms with Gasteiger partial charge in [-0.1, -0.05) is 84.6 Å². The molecule has 0 radical (unpaired) electrons. The van der Waals surface area contributed by atoms with Crippen LogP contribution in [0.2, 0.25) is 0 Å². The highest BCUT2D eigenvalue weighted by molar-refractivity contribution is 5.80. The third-order valence-electron chi connectivity index (χ3n) is 5.90. The van der Waals surface area contributed by atoms with Gasteiger partial charge in [-0.25, -0.2) is 8.78 Å². The molecule has 1 unspecified atom stereocenters. The van der Waals surface area contributed by atoms with Crippen LogP contribution in [0.25, 0.3) is 0 Å². The van der Waals surface area contributed by atoms with Gasteiger partial charge in [-0.15, -0.1) is 0 Å². The summed E-state index contributed by atoms with van der Waals surface area (Å²) in [6.07, 6.45) is 12.2. The van der Waals surface area contributed by atoms with Crippen LogP contribution in [-0.2, 0) is 9.59 Å². The lowest BCUT2D eigenvalue weighted by molar-refractivity contribution is -0.135. The summed E-state index contributed by atoms with van der Waals surface area (Å²) in [5.41, 5.74) is 0.264. The molecule has 1 N–H and O–H groups in total. The topological polar surface area (TPSA) is 55.4 Å². The predicted octanol–water partition coefficient (Wildman–Crippen LogP) is 7.90. The molecule has 4 nitrogen and oxygen atoms in total. The summed E-state index contributed by atoms with van der Waals surface area (Å²) in [5, 5.41) is 2.73. The lowest BCUT2D eigenvalue weighted by atomic mass is 9.93. The summed E-state index contributed by atoms with van der Waals surface area (Å²) in [6, 6.07) is 0.0310. The van der Waals surface area contributed by atoms with Crippen molar-refractivity contribution in [1.82, 2.24) is 5.32 Å². The fraction of sp³-hybridized carbons (Fsp3) is 0.630. The molecule has 0 spiro atoms. The maximum Gasteiger partial charge on any atom is 0.311 e. The van der Waals surface area contributed by atoms with Gasteiger partial charge in [0, 0.05) is 17.7 Å². The second kappa shape index (κ2) is 17.1. The maximum atomic E-state index is 13.7. The minimum absolute atomic E-state index is 0.0310. The van der Waals surface area contributed by atoms with Gasteiger partial charge in [-0.05, 0) is 19.3 Å². The molecule has 1 rings (SSSR count). The second-order valence-electron chi connectivity index (χ2n) is 8.97. The van der Waals surface area contributed by atoms with Crippen LogP contribution < -0.4 is 10.1 Å². The Kier molecular flexibility index (Phi) is 15.0. The number of unbranched alkanes of at least 4 members (excludes halogenated alkanes) is 8. The minimum atomic E-state index is -1.79. The van der Waals surface area contributed by atoms with Crippen LogP contribution in [0.4, 0.5) is 17.6 Å². The first kappa shape index (κ1) is 30.7. The average molecular weight is 502 g/mol. The van der Waals surface area contributed by atoms with Crippen molar-refractivity contribution in [3.63, 3.8) is 0 Å². The monoisotopic (exact) mass is 501 g/mol. The lowest BCUT2D eigenvalue weighted by Crippen LogP contribution is -2.30. The van der Waals surface area contributed by atoms with E-state index >= 15 is 0 Å². The Morgan fingerprint density at radius 3 is 1.86 bits per heavy atom. The van der Waals surface area contributed by atoms with Crippen molar-refractivity contribution >= 4 is 11.9 Å². The molecule has 35 heavy (non-hydrogen) atoms. The number of esters is 1. The molecule has 0 saturated carbocycles. The first-order valence-electron chi connectivity index (χ1n) is 12.7. The Morgan fingerprint density at radius 2 is 1.31 bits per heavy atom. The van der Waals surface area contributed by atoms with Crippen molar-refractivity contribution in [3.8, 4) is 5.75 Å². The molecule has 0 bridgehead atoms.